The first kappa shape index (κ1) is 17.2. The third-order valence-electron chi connectivity index (χ3n) is 5.28. The summed E-state index contributed by atoms with van der Waals surface area (Å²) >= 11 is 0. The van der Waals surface area contributed by atoms with Gasteiger partial charge in [0.25, 0.3) is 5.56 Å². The fraction of sp³-hybridized carbons (Fsp3) is 0.167. The molecule has 1 aromatic heterocycles. The van der Waals surface area contributed by atoms with E-state index in [1.54, 1.807) is 10.9 Å². The topological polar surface area (TPSA) is 34.9 Å². The molecule has 0 aliphatic carbocycles. The highest BCUT2D eigenvalue weighted by Gasteiger charge is 2.26. The molecule has 1 heterocycles. The average Bonchev–Trinajstić information content (AvgIpc) is 2.68. The fourth-order valence-electron chi connectivity index (χ4n) is 3.58. The van der Waals surface area contributed by atoms with Crippen LogP contribution in [0.4, 0.5) is 0 Å². The van der Waals surface area contributed by atoms with Crippen molar-refractivity contribution in [3.63, 3.8) is 0 Å². The van der Waals surface area contributed by atoms with Gasteiger partial charge in [0.15, 0.2) is 0 Å². The quantitative estimate of drug-likeness (QED) is 0.510. The highest BCUT2D eigenvalue weighted by atomic mass is 16.1. The number of hydrogen-bond donors (Lipinski definition) is 0. The molecule has 0 spiro atoms. The molecule has 0 saturated heterocycles. The SMILES string of the molecule is Cc1ncn(C(C)(C)c2ccc3ccccc3c2)c(=O)c1-c1ccccc1. The second-order valence-electron chi connectivity index (χ2n) is 7.37. The Bertz CT molecular complexity index is 1170. The number of benzene rings is 3. The molecule has 0 bridgehead atoms. The van der Waals surface area contributed by atoms with E-state index in [0.717, 1.165) is 16.8 Å². The fourth-order valence-corrected chi connectivity index (χ4v) is 3.58. The molecule has 0 fully saturated rings. The number of aryl methyl sites for hydroxylation is 1. The van der Waals surface area contributed by atoms with E-state index in [1.807, 2.05) is 49.4 Å². The first-order valence-electron chi connectivity index (χ1n) is 9.12. The molecule has 0 N–H and O–H groups in total. The van der Waals surface area contributed by atoms with Crippen LogP contribution in [0.15, 0.2) is 83.9 Å². The molecular weight excluding hydrogens is 332 g/mol. The van der Waals surface area contributed by atoms with Gasteiger partial charge in [0, 0.05) is 0 Å². The predicted molar refractivity (Wildman–Crippen MR) is 111 cm³/mol. The number of aromatic nitrogens is 2. The monoisotopic (exact) mass is 354 g/mol. The normalized spacial score (nSPS) is 11.7. The van der Waals surface area contributed by atoms with Gasteiger partial charge in [0.2, 0.25) is 0 Å². The number of hydrogen-bond acceptors (Lipinski definition) is 2. The van der Waals surface area contributed by atoms with Crippen LogP contribution in [0.5, 0.6) is 0 Å². The van der Waals surface area contributed by atoms with E-state index in [9.17, 15) is 4.79 Å². The second-order valence-corrected chi connectivity index (χ2v) is 7.37. The molecule has 4 aromatic rings. The minimum atomic E-state index is -0.522. The van der Waals surface area contributed by atoms with E-state index in [-0.39, 0.29) is 5.56 Å². The van der Waals surface area contributed by atoms with Crippen LogP contribution in [0.2, 0.25) is 0 Å². The summed E-state index contributed by atoms with van der Waals surface area (Å²) in [5, 5.41) is 2.36. The molecule has 4 rings (SSSR count). The first-order chi connectivity index (χ1) is 13.0. The Labute approximate surface area is 158 Å². The summed E-state index contributed by atoms with van der Waals surface area (Å²) in [5.74, 6) is 0. The van der Waals surface area contributed by atoms with Gasteiger partial charge in [-0.1, -0.05) is 66.7 Å². The van der Waals surface area contributed by atoms with Crippen molar-refractivity contribution in [3.8, 4) is 11.1 Å². The van der Waals surface area contributed by atoms with Crippen molar-refractivity contribution in [2.75, 3.05) is 0 Å². The molecule has 3 heteroatoms. The van der Waals surface area contributed by atoms with Crippen molar-refractivity contribution in [1.29, 1.82) is 0 Å². The minimum Gasteiger partial charge on any atom is -0.289 e. The third kappa shape index (κ3) is 2.95. The van der Waals surface area contributed by atoms with Gasteiger partial charge in [-0.3, -0.25) is 9.36 Å². The highest BCUT2D eigenvalue weighted by molar-refractivity contribution is 5.83. The molecule has 0 unspecified atom stereocenters. The van der Waals surface area contributed by atoms with Gasteiger partial charge in [-0.2, -0.15) is 0 Å². The minimum absolute atomic E-state index is 0.0214. The van der Waals surface area contributed by atoms with E-state index in [2.05, 4.69) is 49.2 Å². The van der Waals surface area contributed by atoms with Gasteiger partial charge in [-0.15, -0.1) is 0 Å². The third-order valence-corrected chi connectivity index (χ3v) is 5.28. The highest BCUT2D eigenvalue weighted by Crippen LogP contribution is 2.28. The molecule has 3 nitrogen and oxygen atoms in total. The summed E-state index contributed by atoms with van der Waals surface area (Å²) in [7, 11) is 0. The van der Waals surface area contributed by atoms with Crippen LogP contribution in [0.1, 0.15) is 25.1 Å². The van der Waals surface area contributed by atoms with E-state index in [1.165, 1.54) is 10.8 Å². The summed E-state index contributed by atoms with van der Waals surface area (Å²) in [4.78, 5) is 17.9. The molecule has 0 atom stereocenters. The molecule has 3 aromatic carbocycles. The lowest BCUT2D eigenvalue weighted by Crippen LogP contribution is -2.38. The van der Waals surface area contributed by atoms with Crippen molar-refractivity contribution < 1.29 is 0 Å². The Kier molecular flexibility index (Phi) is 4.15. The van der Waals surface area contributed by atoms with Crippen LogP contribution < -0.4 is 5.56 Å². The van der Waals surface area contributed by atoms with Gasteiger partial charge in [0.1, 0.15) is 0 Å². The van der Waals surface area contributed by atoms with E-state index >= 15 is 0 Å². The molecule has 0 saturated carbocycles. The smallest absolute Gasteiger partial charge is 0.262 e. The zero-order chi connectivity index (χ0) is 19.0. The van der Waals surface area contributed by atoms with Gasteiger partial charge >= 0.3 is 0 Å². The number of rotatable bonds is 3. The lowest BCUT2D eigenvalue weighted by molar-refractivity contribution is 0.416. The zero-order valence-electron chi connectivity index (χ0n) is 15.8. The van der Waals surface area contributed by atoms with Crippen LogP contribution in [-0.4, -0.2) is 9.55 Å². The average molecular weight is 354 g/mol. The Hall–Kier alpha value is -3.20. The Morgan fingerprint density at radius 2 is 1.52 bits per heavy atom. The lowest BCUT2D eigenvalue weighted by Gasteiger charge is -2.29. The van der Waals surface area contributed by atoms with Crippen LogP contribution in [0.3, 0.4) is 0 Å². The molecule has 134 valence electrons. The van der Waals surface area contributed by atoms with Crippen LogP contribution in [0.25, 0.3) is 21.9 Å². The maximum atomic E-state index is 13.4. The van der Waals surface area contributed by atoms with Gasteiger partial charge < -0.3 is 0 Å². The number of nitrogens with zero attached hydrogens (tertiary/aromatic N) is 2. The van der Waals surface area contributed by atoms with Crippen molar-refractivity contribution >= 4 is 10.8 Å². The molecule has 27 heavy (non-hydrogen) atoms. The maximum Gasteiger partial charge on any atom is 0.262 e. The van der Waals surface area contributed by atoms with Crippen LogP contribution >= 0.6 is 0 Å². The molecule has 0 amide bonds. The Balaban J connectivity index is 1.90. The first-order valence-corrected chi connectivity index (χ1v) is 9.12. The summed E-state index contributed by atoms with van der Waals surface area (Å²) < 4.78 is 1.74. The van der Waals surface area contributed by atoms with E-state index in [4.69, 9.17) is 0 Å². The summed E-state index contributed by atoms with van der Waals surface area (Å²) in [5.41, 5.74) is 2.84. The lowest BCUT2D eigenvalue weighted by atomic mass is 9.91. The molecule has 0 radical (unpaired) electrons. The Morgan fingerprint density at radius 1 is 0.852 bits per heavy atom. The largest absolute Gasteiger partial charge is 0.289 e. The van der Waals surface area contributed by atoms with Crippen molar-refractivity contribution in [2.24, 2.45) is 0 Å². The van der Waals surface area contributed by atoms with Crippen molar-refractivity contribution in [2.45, 2.75) is 26.3 Å². The molecular formula is C24H22N2O. The number of fused-ring (bicyclic) bond motifs is 1. The second kappa shape index (κ2) is 6.51. The summed E-state index contributed by atoms with van der Waals surface area (Å²) in [6.07, 6.45) is 1.67. The Morgan fingerprint density at radius 3 is 2.26 bits per heavy atom. The van der Waals surface area contributed by atoms with Crippen LogP contribution in [0, 0.1) is 6.92 Å². The molecule has 0 aliphatic heterocycles. The van der Waals surface area contributed by atoms with Gasteiger partial charge in [0.05, 0.1) is 23.1 Å². The van der Waals surface area contributed by atoms with Crippen molar-refractivity contribution in [3.05, 3.63) is 101 Å². The summed E-state index contributed by atoms with van der Waals surface area (Å²) in [6, 6.07) is 24.4. The maximum absolute atomic E-state index is 13.4. The van der Waals surface area contributed by atoms with Gasteiger partial charge in [-0.05, 0) is 48.7 Å². The zero-order valence-corrected chi connectivity index (χ0v) is 15.8. The summed E-state index contributed by atoms with van der Waals surface area (Å²) in [6.45, 7) is 6.01. The van der Waals surface area contributed by atoms with E-state index < -0.39 is 5.54 Å². The standard InChI is InChI=1S/C24H22N2O/c1-17-22(19-10-5-4-6-11-19)23(27)26(16-25-17)24(2,3)21-14-13-18-9-7-8-12-20(18)15-21/h4-16H,1-3H3. The van der Waals surface area contributed by atoms with Crippen LogP contribution in [-0.2, 0) is 5.54 Å². The molecule has 0 aliphatic rings. The predicted octanol–water partition coefficient (Wildman–Crippen LogP) is 5.16. The van der Waals surface area contributed by atoms with E-state index in [0.29, 0.717) is 5.56 Å². The van der Waals surface area contributed by atoms with Gasteiger partial charge in [-0.25, -0.2) is 4.98 Å². The van der Waals surface area contributed by atoms with Crippen molar-refractivity contribution in [1.82, 2.24) is 9.55 Å².